The first-order valence-corrected chi connectivity index (χ1v) is 5.07. The number of hydrogen-bond acceptors (Lipinski definition) is 2. The predicted octanol–water partition coefficient (Wildman–Crippen LogP) is 2.39. The Morgan fingerprint density at radius 2 is 1.71 bits per heavy atom. The topological polar surface area (TPSA) is 40.5 Å². The summed E-state index contributed by atoms with van der Waals surface area (Å²) in [4.78, 5) is 12.7. The van der Waals surface area contributed by atoms with Crippen molar-refractivity contribution in [1.82, 2.24) is 4.90 Å². The van der Waals surface area contributed by atoms with Crippen LogP contribution in [0.1, 0.15) is 40.0 Å². The molecule has 0 spiro atoms. The molecule has 0 fully saturated rings. The van der Waals surface area contributed by atoms with Gasteiger partial charge in [0.15, 0.2) is 0 Å². The van der Waals surface area contributed by atoms with Crippen molar-refractivity contribution in [3.63, 3.8) is 0 Å². The summed E-state index contributed by atoms with van der Waals surface area (Å²) in [5, 5.41) is 8.64. The van der Waals surface area contributed by atoms with Gasteiger partial charge in [0, 0.05) is 6.04 Å². The Balaban J connectivity index is 0. The molecule has 0 aromatic rings. The van der Waals surface area contributed by atoms with Gasteiger partial charge in [-0.15, -0.1) is 12.4 Å². The summed E-state index contributed by atoms with van der Waals surface area (Å²) >= 11 is 0. The van der Waals surface area contributed by atoms with Crippen molar-refractivity contribution < 1.29 is 9.90 Å². The summed E-state index contributed by atoms with van der Waals surface area (Å²) in [6, 6.07) is 0.164. The average Bonchev–Trinajstić information content (AvgIpc) is 2.02. The Bertz CT molecular complexity index is 147. The molecule has 0 rings (SSSR count). The van der Waals surface area contributed by atoms with E-state index in [0.29, 0.717) is 0 Å². The maximum Gasteiger partial charge on any atom is 0.304 e. The van der Waals surface area contributed by atoms with E-state index in [1.54, 1.807) is 0 Å². The van der Waals surface area contributed by atoms with Crippen LogP contribution in [-0.2, 0) is 4.79 Å². The highest BCUT2D eigenvalue weighted by Gasteiger charge is 2.14. The Labute approximate surface area is 92.9 Å². The summed E-state index contributed by atoms with van der Waals surface area (Å²) in [5.74, 6) is -0.704. The Morgan fingerprint density at radius 3 is 2.00 bits per heavy atom. The molecule has 14 heavy (non-hydrogen) atoms. The van der Waals surface area contributed by atoms with Gasteiger partial charge < -0.3 is 10.0 Å². The third-order valence-electron chi connectivity index (χ3n) is 2.12. The number of hydrogen-bond donors (Lipinski definition) is 1. The number of carboxylic acid groups (broad SMARTS) is 1. The third-order valence-corrected chi connectivity index (χ3v) is 2.12. The van der Waals surface area contributed by atoms with Gasteiger partial charge in [0.1, 0.15) is 0 Å². The highest BCUT2D eigenvalue weighted by molar-refractivity contribution is 5.85. The lowest BCUT2D eigenvalue weighted by Crippen LogP contribution is -2.35. The molecule has 4 heteroatoms. The van der Waals surface area contributed by atoms with Gasteiger partial charge in [-0.1, -0.05) is 13.8 Å². The number of nitrogens with zero attached hydrogens (tertiary/aromatic N) is 1. The predicted molar refractivity (Wildman–Crippen MR) is 61.1 cm³/mol. The number of carbonyl (C=O) groups is 1. The van der Waals surface area contributed by atoms with Crippen LogP contribution in [0, 0.1) is 0 Å². The van der Waals surface area contributed by atoms with Gasteiger partial charge in [-0.25, -0.2) is 0 Å². The fourth-order valence-electron chi connectivity index (χ4n) is 1.51. The van der Waals surface area contributed by atoms with Gasteiger partial charge in [-0.2, -0.15) is 0 Å². The second-order valence-electron chi connectivity index (χ2n) is 3.48. The van der Waals surface area contributed by atoms with Crippen LogP contribution < -0.4 is 0 Å². The lowest BCUT2D eigenvalue weighted by Gasteiger charge is -2.27. The smallest absolute Gasteiger partial charge is 0.304 e. The quantitative estimate of drug-likeness (QED) is 0.721. The molecule has 0 saturated carbocycles. The number of rotatable bonds is 7. The van der Waals surface area contributed by atoms with Crippen LogP contribution in [0.3, 0.4) is 0 Å². The minimum Gasteiger partial charge on any atom is -0.481 e. The second-order valence-corrected chi connectivity index (χ2v) is 3.48. The minimum atomic E-state index is -0.704. The van der Waals surface area contributed by atoms with E-state index in [4.69, 9.17) is 5.11 Å². The van der Waals surface area contributed by atoms with Crippen LogP contribution in [0.15, 0.2) is 0 Å². The average molecular weight is 224 g/mol. The van der Waals surface area contributed by atoms with Crippen molar-refractivity contribution in [2.45, 2.75) is 46.1 Å². The van der Waals surface area contributed by atoms with E-state index >= 15 is 0 Å². The zero-order valence-corrected chi connectivity index (χ0v) is 10.1. The summed E-state index contributed by atoms with van der Waals surface area (Å²) in [6.45, 7) is 8.23. The lowest BCUT2D eigenvalue weighted by atomic mass is 10.2. The minimum absolute atomic E-state index is 0. The van der Waals surface area contributed by atoms with Crippen LogP contribution in [-0.4, -0.2) is 35.1 Å². The molecule has 3 nitrogen and oxygen atoms in total. The molecule has 1 unspecified atom stereocenters. The van der Waals surface area contributed by atoms with Crippen molar-refractivity contribution in [1.29, 1.82) is 0 Å². The third kappa shape index (κ3) is 7.15. The molecular weight excluding hydrogens is 202 g/mol. The molecule has 1 atom stereocenters. The zero-order chi connectivity index (χ0) is 10.3. The lowest BCUT2D eigenvalue weighted by molar-refractivity contribution is -0.138. The van der Waals surface area contributed by atoms with E-state index < -0.39 is 5.97 Å². The molecule has 0 amide bonds. The molecule has 1 N–H and O–H groups in total. The molecular formula is C10H22ClNO2. The van der Waals surface area contributed by atoms with Crippen LogP contribution in [0.4, 0.5) is 0 Å². The van der Waals surface area contributed by atoms with E-state index in [9.17, 15) is 4.79 Å². The fourth-order valence-corrected chi connectivity index (χ4v) is 1.51. The summed E-state index contributed by atoms with van der Waals surface area (Å²) in [5.41, 5.74) is 0. The number of halogens is 1. The van der Waals surface area contributed by atoms with E-state index in [1.807, 2.05) is 6.92 Å². The van der Waals surface area contributed by atoms with Crippen LogP contribution in [0.2, 0.25) is 0 Å². The van der Waals surface area contributed by atoms with Gasteiger partial charge in [0.05, 0.1) is 6.42 Å². The molecule has 0 aliphatic carbocycles. The van der Waals surface area contributed by atoms with Crippen molar-refractivity contribution in [3.05, 3.63) is 0 Å². The van der Waals surface area contributed by atoms with Crippen LogP contribution in [0.5, 0.6) is 0 Å². The van der Waals surface area contributed by atoms with Crippen LogP contribution >= 0.6 is 12.4 Å². The number of aliphatic carboxylic acids is 1. The van der Waals surface area contributed by atoms with E-state index in [2.05, 4.69) is 18.7 Å². The van der Waals surface area contributed by atoms with Gasteiger partial charge >= 0.3 is 5.97 Å². The summed E-state index contributed by atoms with van der Waals surface area (Å²) in [7, 11) is 0. The van der Waals surface area contributed by atoms with Crippen molar-refractivity contribution in [2.75, 3.05) is 13.1 Å². The second kappa shape index (κ2) is 9.28. The highest BCUT2D eigenvalue weighted by Crippen LogP contribution is 2.05. The van der Waals surface area contributed by atoms with Crippen molar-refractivity contribution >= 4 is 18.4 Å². The summed E-state index contributed by atoms with van der Waals surface area (Å²) in [6.07, 6.45) is 2.42. The Morgan fingerprint density at radius 1 is 1.29 bits per heavy atom. The Kier molecular flexibility index (Phi) is 10.7. The van der Waals surface area contributed by atoms with Gasteiger partial charge in [0.25, 0.3) is 0 Å². The fraction of sp³-hybridized carbons (Fsp3) is 0.900. The Hall–Kier alpha value is -0.280. The van der Waals surface area contributed by atoms with Gasteiger partial charge in [0.2, 0.25) is 0 Å². The van der Waals surface area contributed by atoms with Crippen molar-refractivity contribution in [3.8, 4) is 0 Å². The molecule has 0 saturated heterocycles. The maximum atomic E-state index is 10.5. The molecule has 0 aromatic heterocycles. The number of carboxylic acids is 1. The van der Waals surface area contributed by atoms with E-state index in [0.717, 1.165) is 25.9 Å². The SMILES string of the molecule is CCCN(CCC)C(C)CC(=O)O.Cl. The molecule has 0 radical (unpaired) electrons. The maximum absolute atomic E-state index is 10.5. The van der Waals surface area contributed by atoms with E-state index in [1.165, 1.54) is 0 Å². The van der Waals surface area contributed by atoms with Gasteiger partial charge in [-0.05, 0) is 32.9 Å². The molecule has 86 valence electrons. The molecule has 0 aliphatic heterocycles. The van der Waals surface area contributed by atoms with Crippen molar-refractivity contribution in [2.24, 2.45) is 0 Å². The monoisotopic (exact) mass is 223 g/mol. The molecule has 0 aromatic carbocycles. The normalized spacial score (nSPS) is 12.3. The van der Waals surface area contributed by atoms with Gasteiger partial charge in [-0.3, -0.25) is 4.79 Å². The summed E-state index contributed by atoms with van der Waals surface area (Å²) < 4.78 is 0. The largest absolute Gasteiger partial charge is 0.481 e. The standard InChI is InChI=1S/C10H21NO2.ClH/c1-4-6-11(7-5-2)9(3)8-10(12)13;/h9H,4-8H2,1-3H3,(H,12,13);1H. The zero-order valence-electron chi connectivity index (χ0n) is 9.32. The van der Waals surface area contributed by atoms with Crippen LogP contribution in [0.25, 0.3) is 0 Å². The first-order valence-electron chi connectivity index (χ1n) is 5.07. The first-order chi connectivity index (χ1) is 6.11. The molecule has 0 heterocycles. The first kappa shape index (κ1) is 16.2. The van der Waals surface area contributed by atoms with E-state index in [-0.39, 0.29) is 24.9 Å². The molecule has 0 bridgehead atoms. The highest BCUT2D eigenvalue weighted by atomic mass is 35.5. The molecule has 0 aliphatic rings.